The van der Waals surface area contributed by atoms with Crippen molar-refractivity contribution < 1.29 is 18.7 Å². The summed E-state index contributed by atoms with van der Waals surface area (Å²) in [5.41, 5.74) is 0.756. The van der Waals surface area contributed by atoms with Crippen LogP contribution in [0.15, 0.2) is 59.4 Å². The third-order valence-electron chi connectivity index (χ3n) is 4.03. The van der Waals surface area contributed by atoms with Crippen LogP contribution in [0.3, 0.4) is 0 Å². The molecule has 0 aliphatic rings. The highest BCUT2D eigenvalue weighted by atomic mass is 19.1. The number of esters is 1. The van der Waals surface area contributed by atoms with E-state index in [1.165, 1.54) is 12.1 Å². The summed E-state index contributed by atoms with van der Waals surface area (Å²) in [5.74, 6) is -1.90. The van der Waals surface area contributed by atoms with Crippen LogP contribution in [0.4, 0.5) is 10.1 Å². The first-order valence-electron chi connectivity index (χ1n) is 8.84. The Hall–Kier alpha value is -3.81. The zero-order chi connectivity index (χ0) is 21.0. The van der Waals surface area contributed by atoms with Gasteiger partial charge in [0, 0.05) is 11.6 Å². The lowest BCUT2D eigenvalue weighted by molar-refractivity contribution is 0.0518. The van der Waals surface area contributed by atoms with Crippen molar-refractivity contribution in [2.75, 3.05) is 11.9 Å². The Kier molecular flexibility index (Phi) is 5.82. The SMILES string of the molecule is CCOC(=O)c1nn(-c2ccc(C)cc2)c(=O)cc1NC(=O)c1ccc(F)cc1. The number of nitrogens with zero attached hydrogens (tertiary/aromatic N) is 2. The summed E-state index contributed by atoms with van der Waals surface area (Å²) < 4.78 is 19.1. The number of carbonyl (C=O) groups is 2. The van der Waals surface area contributed by atoms with Crippen LogP contribution in [0.2, 0.25) is 0 Å². The third-order valence-corrected chi connectivity index (χ3v) is 4.03. The van der Waals surface area contributed by atoms with E-state index in [4.69, 9.17) is 4.74 Å². The number of hydrogen-bond donors (Lipinski definition) is 1. The van der Waals surface area contributed by atoms with Crippen molar-refractivity contribution in [3.63, 3.8) is 0 Å². The average molecular weight is 395 g/mol. The van der Waals surface area contributed by atoms with Crippen LogP contribution < -0.4 is 10.9 Å². The van der Waals surface area contributed by atoms with E-state index < -0.39 is 23.3 Å². The predicted octanol–water partition coefficient (Wildman–Crippen LogP) is 3.11. The molecule has 29 heavy (non-hydrogen) atoms. The van der Waals surface area contributed by atoms with Gasteiger partial charge in [0.15, 0.2) is 5.69 Å². The number of hydrogen-bond acceptors (Lipinski definition) is 5. The van der Waals surface area contributed by atoms with Crippen LogP contribution in [0.25, 0.3) is 5.69 Å². The van der Waals surface area contributed by atoms with Gasteiger partial charge in [0.25, 0.3) is 11.5 Å². The Morgan fingerprint density at radius 3 is 2.38 bits per heavy atom. The molecular formula is C21H18FN3O4. The Labute approximate surface area is 165 Å². The first kappa shape index (κ1) is 19.9. The summed E-state index contributed by atoms with van der Waals surface area (Å²) in [6.45, 7) is 3.62. The molecular weight excluding hydrogens is 377 g/mol. The van der Waals surface area contributed by atoms with Crippen LogP contribution in [0, 0.1) is 12.7 Å². The van der Waals surface area contributed by atoms with Gasteiger partial charge in [-0.25, -0.2) is 9.18 Å². The van der Waals surface area contributed by atoms with Gasteiger partial charge >= 0.3 is 5.97 Å². The minimum absolute atomic E-state index is 0.0915. The topological polar surface area (TPSA) is 90.3 Å². The Bertz CT molecular complexity index is 1110. The van der Waals surface area contributed by atoms with Gasteiger partial charge < -0.3 is 10.1 Å². The molecule has 0 aliphatic carbocycles. The van der Waals surface area contributed by atoms with Crippen molar-refractivity contribution in [1.29, 1.82) is 0 Å². The number of carbonyl (C=O) groups excluding carboxylic acids is 2. The van der Waals surface area contributed by atoms with Gasteiger partial charge in [-0.05, 0) is 50.2 Å². The van der Waals surface area contributed by atoms with Crippen molar-refractivity contribution >= 4 is 17.6 Å². The molecule has 0 fully saturated rings. The monoisotopic (exact) mass is 395 g/mol. The molecule has 0 spiro atoms. The van der Waals surface area contributed by atoms with E-state index in [0.717, 1.165) is 28.4 Å². The van der Waals surface area contributed by atoms with E-state index in [2.05, 4.69) is 10.4 Å². The van der Waals surface area contributed by atoms with Crippen LogP contribution in [-0.4, -0.2) is 28.3 Å². The normalized spacial score (nSPS) is 10.4. The van der Waals surface area contributed by atoms with E-state index >= 15 is 0 Å². The zero-order valence-corrected chi connectivity index (χ0v) is 15.8. The number of aromatic nitrogens is 2. The zero-order valence-electron chi connectivity index (χ0n) is 15.8. The summed E-state index contributed by atoms with van der Waals surface area (Å²) in [6.07, 6.45) is 0. The number of nitrogens with one attached hydrogen (secondary N) is 1. The van der Waals surface area contributed by atoms with Gasteiger partial charge in [-0.3, -0.25) is 9.59 Å². The fraction of sp³-hybridized carbons (Fsp3) is 0.143. The molecule has 1 N–H and O–H groups in total. The van der Waals surface area contributed by atoms with E-state index in [-0.39, 0.29) is 23.6 Å². The fourth-order valence-corrected chi connectivity index (χ4v) is 2.57. The third kappa shape index (κ3) is 4.55. The minimum Gasteiger partial charge on any atom is -0.461 e. The molecule has 2 aromatic carbocycles. The second-order valence-electron chi connectivity index (χ2n) is 6.17. The maximum absolute atomic E-state index is 13.1. The van der Waals surface area contributed by atoms with Gasteiger partial charge in [-0.2, -0.15) is 9.78 Å². The molecule has 1 aromatic heterocycles. The van der Waals surface area contributed by atoms with E-state index in [1.807, 2.05) is 6.92 Å². The van der Waals surface area contributed by atoms with Crippen molar-refractivity contribution in [3.05, 3.63) is 87.6 Å². The number of anilines is 1. The van der Waals surface area contributed by atoms with Gasteiger partial charge in [-0.15, -0.1) is 0 Å². The van der Waals surface area contributed by atoms with Crippen molar-refractivity contribution in [2.45, 2.75) is 13.8 Å². The van der Waals surface area contributed by atoms with E-state index in [0.29, 0.717) is 5.69 Å². The maximum Gasteiger partial charge on any atom is 0.360 e. The van der Waals surface area contributed by atoms with Crippen LogP contribution >= 0.6 is 0 Å². The first-order valence-corrected chi connectivity index (χ1v) is 8.84. The first-order chi connectivity index (χ1) is 13.9. The highest BCUT2D eigenvalue weighted by molar-refractivity contribution is 6.07. The van der Waals surface area contributed by atoms with Gasteiger partial charge in [0.2, 0.25) is 0 Å². The van der Waals surface area contributed by atoms with E-state index in [1.54, 1.807) is 31.2 Å². The standard InChI is InChI=1S/C21H18FN3O4/c1-3-29-21(28)19-17(23-20(27)14-6-8-15(22)9-7-14)12-18(26)25(24-19)16-10-4-13(2)5-11-16/h4-12H,3H2,1-2H3,(H,23,27). The Balaban J connectivity index is 2.03. The number of aryl methyl sites for hydroxylation is 1. The molecule has 7 nitrogen and oxygen atoms in total. The number of ether oxygens (including phenoxy) is 1. The lowest BCUT2D eigenvalue weighted by Crippen LogP contribution is -2.27. The molecule has 3 aromatic rings. The van der Waals surface area contributed by atoms with Crippen molar-refractivity contribution in [3.8, 4) is 5.69 Å². The quantitative estimate of drug-likeness (QED) is 0.671. The summed E-state index contributed by atoms with van der Waals surface area (Å²) in [7, 11) is 0. The van der Waals surface area contributed by atoms with Crippen LogP contribution in [0.5, 0.6) is 0 Å². The van der Waals surface area contributed by atoms with Crippen molar-refractivity contribution in [2.24, 2.45) is 0 Å². The maximum atomic E-state index is 13.1. The fourth-order valence-electron chi connectivity index (χ4n) is 2.57. The Morgan fingerprint density at radius 1 is 1.10 bits per heavy atom. The van der Waals surface area contributed by atoms with Gasteiger partial charge in [0.05, 0.1) is 18.0 Å². The molecule has 148 valence electrons. The van der Waals surface area contributed by atoms with Crippen LogP contribution in [0.1, 0.15) is 33.3 Å². The molecule has 0 bridgehead atoms. The smallest absolute Gasteiger partial charge is 0.360 e. The Morgan fingerprint density at radius 2 is 1.76 bits per heavy atom. The van der Waals surface area contributed by atoms with E-state index in [9.17, 15) is 18.8 Å². The summed E-state index contributed by atoms with van der Waals surface area (Å²) in [6, 6.07) is 12.9. The molecule has 1 amide bonds. The highest BCUT2D eigenvalue weighted by Crippen LogP contribution is 2.16. The lowest BCUT2D eigenvalue weighted by Gasteiger charge is -2.12. The second-order valence-corrected chi connectivity index (χ2v) is 6.17. The average Bonchev–Trinajstić information content (AvgIpc) is 2.69. The number of halogens is 1. The number of benzene rings is 2. The summed E-state index contributed by atoms with van der Waals surface area (Å²) in [5, 5.41) is 6.58. The summed E-state index contributed by atoms with van der Waals surface area (Å²) in [4.78, 5) is 37.4. The molecule has 1 heterocycles. The van der Waals surface area contributed by atoms with Gasteiger partial charge in [-0.1, -0.05) is 17.7 Å². The van der Waals surface area contributed by atoms with Gasteiger partial charge in [0.1, 0.15) is 5.82 Å². The largest absolute Gasteiger partial charge is 0.461 e. The molecule has 0 aliphatic heterocycles. The molecule has 0 saturated carbocycles. The number of amides is 1. The minimum atomic E-state index is -0.789. The summed E-state index contributed by atoms with van der Waals surface area (Å²) >= 11 is 0. The molecule has 0 saturated heterocycles. The highest BCUT2D eigenvalue weighted by Gasteiger charge is 2.20. The van der Waals surface area contributed by atoms with Crippen molar-refractivity contribution in [1.82, 2.24) is 9.78 Å². The second kappa shape index (κ2) is 8.47. The number of rotatable bonds is 5. The van der Waals surface area contributed by atoms with Crippen LogP contribution in [-0.2, 0) is 4.74 Å². The molecule has 0 atom stereocenters. The molecule has 8 heteroatoms. The molecule has 0 unspecified atom stereocenters. The molecule has 0 radical (unpaired) electrons. The lowest BCUT2D eigenvalue weighted by atomic mass is 10.2. The predicted molar refractivity (Wildman–Crippen MR) is 105 cm³/mol. The molecule has 3 rings (SSSR count).